The molecule has 0 aliphatic carbocycles. The highest BCUT2D eigenvalue weighted by Crippen LogP contribution is 2.42. The predicted octanol–water partition coefficient (Wildman–Crippen LogP) is 3.99. The summed E-state index contributed by atoms with van der Waals surface area (Å²) in [5.41, 5.74) is 5.15. The van der Waals surface area contributed by atoms with Gasteiger partial charge >= 0.3 is 0 Å². The summed E-state index contributed by atoms with van der Waals surface area (Å²) in [6, 6.07) is 12.4. The number of rotatable bonds is 4. The van der Waals surface area contributed by atoms with E-state index in [0.29, 0.717) is 12.1 Å². The molecule has 1 saturated heterocycles. The Kier molecular flexibility index (Phi) is 6.23. The molecule has 2 aliphatic heterocycles. The summed E-state index contributed by atoms with van der Waals surface area (Å²) in [5.74, 6) is -0.0347. The average Bonchev–Trinajstić information content (AvgIpc) is 2.90. The number of carbonyl (C=O) groups excluding carboxylic acids is 1. The van der Waals surface area contributed by atoms with E-state index in [9.17, 15) is 4.79 Å². The van der Waals surface area contributed by atoms with E-state index in [2.05, 4.69) is 46.7 Å². The maximum Gasteiger partial charge on any atom is 0.251 e. The third-order valence-corrected chi connectivity index (χ3v) is 6.41. The first-order valence-electron chi connectivity index (χ1n) is 10.1. The molecular formula is C23H27N3O2S. The Morgan fingerprint density at radius 2 is 2.00 bits per heavy atom. The summed E-state index contributed by atoms with van der Waals surface area (Å²) >= 11 is 1.73. The molecule has 1 amide bonds. The number of carbonyl (C=O) groups is 1. The number of hydrogen-bond acceptors (Lipinski definition) is 5. The van der Waals surface area contributed by atoms with Crippen LogP contribution in [0.4, 0.5) is 5.69 Å². The molecule has 4 rings (SSSR count). The predicted molar refractivity (Wildman–Crippen MR) is 119 cm³/mol. The molecule has 2 aromatic rings. The highest BCUT2D eigenvalue weighted by molar-refractivity contribution is 7.99. The highest BCUT2D eigenvalue weighted by Gasteiger charge is 2.19. The van der Waals surface area contributed by atoms with Gasteiger partial charge in [0.2, 0.25) is 0 Å². The molecule has 1 fully saturated rings. The van der Waals surface area contributed by atoms with Crippen LogP contribution in [0.2, 0.25) is 0 Å². The minimum atomic E-state index is -0.0347. The van der Waals surface area contributed by atoms with Crippen molar-refractivity contribution in [1.29, 1.82) is 0 Å². The van der Waals surface area contributed by atoms with E-state index >= 15 is 0 Å². The van der Waals surface area contributed by atoms with Crippen molar-refractivity contribution >= 4 is 29.1 Å². The van der Waals surface area contributed by atoms with Gasteiger partial charge in [-0.1, -0.05) is 29.5 Å². The highest BCUT2D eigenvalue weighted by atomic mass is 32.2. The second kappa shape index (κ2) is 9.03. The van der Waals surface area contributed by atoms with Gasteiger partial charge in [0, 0.05) is 52.8 Å². The molecule has 0 unspecified atom stereocenters. The van der Waals surface area contributed by atoms with Gasteiger partial charge in [0.25, 0.3) is 5.91 Å². The first kappa shape index (κ1) is 20.0. The minimum Gasteiger partial charge on any atom is -0.379 e. The van der Waals surface area contributed by atoms with Crippen LogP contribution >= 0.6 is 11.8 Å². The molecule has 0 spiro atoms. The van der Waals surface area contributed by atoms with Gasteiger partial charge in [-0.15, -0.1) is 0 Å². The largest absolute Gasteiger partial charge is 0.379 e. The van der Waals surface area contributed by atoms with Crippen molar-refractivity contribution in [2.45, 2.75) is 23.6 Å². The number of nitrogens with one attached hydrogen (secondary N) is 2. The molecule has 0 radical (unpaired) electrons. The monoisotopic (exact) mass is 409 g/mol. The van der Waals surface area contributed by atoms with Crippen LogP contribution in [-0.4, -0.2) is 50.2 Å². The Morgan fingerprint density at radius 1 is 1.21 bits per heavy atom. The van der Waals surface area contributed by atoms with Gasteiger partial charge in [0.05, 0.1) is 18.9 Å². The first-order valence-corrected chi connectivity index (χ1v) is 10.9. The normalized spacial score (nSPS) is 17.8. The quantitative estimate of drug-likeness (QED) is 0.800. The van der Waals surface area contributed by atoms with E-state index in [1.807, 2.05) is 25.1 Å². The molecule has 0 aromatic heterocycles. The van der Waals surface area contributed by atoms with E-state index in [0.717, 1.165) is 49.1 Å². The van der Waals surface area contributed by atoms with Crippen LogP contribution in [0.15, 0.2) is 52.3 Å². The Bertz CT molecular complexity index is 936. The molecule has 0 saturated carbocycles. The van der Waals surface area contributed by atoms with Crippen LogP contribution in [-0.2, 0) is 4.74 Å². The zero-order chi connectivity index (χ0) is 20.2. The standard InChI is InChI=1S/C23H27N3O2S/c1-3-19-18-14-16(2)4-6-21(18)29-22-7-5-17(15-20(22)25-19)23(27)24-8-9-26-10-12-28-13-11-26/h3-7,14-15,25H,8-13H2,1-2H3,(H,24,27). The van der Waals surface area contributed by atoms with E-state index in [1.165, 1.54) is 16.0 Å². The van der Waals surface area contributed by atoms with Crippen molar-refractivity contribution in [3.8, 4) is 0 Å². The Labute approximate surface area is 176 Å². The van der Waals surface area contributed by atoms with Crippen LogP contribution in [0.3, 0.4) is 0 Å². The molecule has 0 atom stereocenters. The van der Waals surface area contributed by atoms with Gasteiger partial charge in [0.15, 0.2) is 0 Å². The number of amides is 1. The fraction of sp³-hybridized carbons (Fsp3) is 0.348. The topological polar surface area (TPSA) is 53.6 Å². The van der Waals surface area contributed by atoms with Crippen molar-refractivity contribution in [3.63, 3.8) is 0 Å². The third kappa shape index (κ3) is 4.66. The second-order valence-corrected chi connectivity index (χ2v) is 8.43. The smallest absolute Gasteiger partial charge is 0.251 e. The lowest BCUT2D eigenvalue weighted by Crippen LogP contribution is -2.41. The molecular weight excluding hydrogens is 382 g/mol. The maximum absolute atomic E-state index is 12.7. The van der Waals surface area contributed by atoms with Crippen molar-refractivity contribution in [1.82, 2.24) is 10.2 Å². The lowest BCUT2D eigenvalue weighted by molar-refractivity contribution is 0.0383. The molecule has 29 heavy (non-hydrogen) atoms. The molecule has 2 heterocycles. The number of allylic oxidation sites excluding steroid dienone is 1. The molecule has 2 N–H and O–H groups in total. The zero-order valence-electron chi connectivity index (χ0n) is 17.0. The minimum absolute atomic E-state index is 0.0347. The third-order valence-electron chi connectivity index (χ3n) is 5.26. The van der Waals surface area contributed by atoms with Gasteiger partial charge in [-0.05, 0) is 44.2 Å². The van der Waals surface area contributed by atoms with Crippen molar-refractivity contribution in [3.05, 3.63) is 59.2 Å². The zero-order valence-corrected chi connectivity index (χ0v) is 17.8. The molecule has 0 bridgehead atoms. The number of aryl methyl sites for hydroxylation is 1. The number of hydrogen-bond donors (Lipinski definition) is 2. The van der Waals surface area contributed by atoms with Gasteiger partial charge in [-0.3, -0.25) is 9.69 Å². The van der Waals surface area contributed by atoms with E-state index < -0.39 is 0 Å². The Morgan fingerprint density at radius 3 is 2.79 bits per heavy atom. The molecule has 2 aliphatic rings. The fourth-order valence-electron chi connectivity index (χ4n) is 3.61. The number of fused-ring (bicyclic) bond motifs is 2. The van der Waals surface area contributed by atoms with Crippen molar-refractivity contribution < 1.29 is 9.53 Å². The molecule has 5 nitrogen and oxygen atoms in total. The summed E-state index contributed by atoms with van der Waals surface area (Å²) in [7, 11) is 0. The molecule has 152 valence electrons. The summed E-state index contributed by atoms with van der Waals surface area (Å²) in [6.07, 6.45) is 2.09. The van der Waals surface area contributed by atoms with E-state index in [1.54, 1.807) is 11.8 Å². The van der Waals surface area contributed by atoms with Crippen LogP contribution in [0.5, 0.6) is 0 Å². The number of nitrogens with zero attached hydrogens (tertiary/aromatic N) is 1. The summed E-state index contributed by atoms with van der Waals surface area (Å²) in [5, 5.41) is 6.58. The lowest BCUT2D eigenvalue weighted by atomic mass is 10.1. The number of ether oxygens (including phenoxy) is 1. The number of morpholine rings is 1. The second-order valence-electron chi connectivity index (χ2n) is 7.35. The number of anilines is 1. The molecule has 6 heteroatoms. The van der Waals surface area contributed by atoms with E-state index in [-0.39, 0.29) is 5.91 Å². The van der Waals surface area contributed by atoms with Crippen molar-refractivity contribution in [2.24, 2.45) is 0 Å². The van der Waals surface area contributed by atoms with Gasteiger partial charge in [-0.2, -0.15) is 0 Å². The Balaban J connectivity index is 1.47. The maximum atomic E-state index is 12.7. The van der Waals surface area contributed by atoms with Gasteiger partial charge in [-0.25, -0.2) is 0 Å². The van der Waals surface area contributed by atoms with Crippen LogP contribution < -0.4 is 10.6 Å². The average molecular weight is 410 g/mol. The Hall–Kier alpha value is -2.28. The van der Waals surface area contributed by atoms with E-state index in [4.69, 9.17) is 4.74 Å². The van der Waals surface area contributed by atoms with Crippen LogP contribution in [0, 0.1) is 6.92 Å². The van der Waals surface area contributed by atoms with Gasteiger partial charge in [0.1, 0.15) is 0 Å². The van der Waals surface area contributed by atoms with Crippen LogP contribution in [0.25, 0.3) is 5.70 Å². The van der Waals surface area contributed by atoms with Gasteiger partial charge < -0.3 is 15.4 Å². The fourth-order valence-corrected chi connectivity index (χ4v) is 4.62. The SMILES string of the molecule is CC=C1Nc2cc(C(=O)NCCN3CCOCC3)ccc2Sc2ccc(C)cc21. The number of benzene rings is 2. The molecule has 2 aromatic carbocycles. The van der Waals surface area contributed by atoms with Crippen molar-refractivity contribution in [2.75, 3.05) is 44.7 Å². The van der Waals surface area contributed by atoms with Crippen LogP contribution in [0.1, 0.15) is 28.4 Å². The summed E-state index contributed by atoms with van der Waals surface area (Å²) in [4.78, 5) is 17.3. The summed E-state index contributed by atoms with van der Waals surface area (Å²) < 4.78 is 5.36. The summed E-state index contributed by atoms with van der Waals surface area (Å²) in [6.45, 7) is 9.05. The first-order chi connectivity index (χ1) is 14.1. The lowest BCUT2D eigenvalue weighted by Gasteiger charge is -2.26.